The Labute approximate surface area is 159 Å². The van der Waals surface area contributed by atoms with Crippen LogP contribution in [0.1, 0.15) is 11.1 Å². The quantitative estimate of drug-likeness (QED) is 0.559. The van der Waals surface area contributed by atoms with Crippen LogP contribution in [0.4, 0.5) is 9.18 Å². The summed E-state index contributed by atoms with van der Waals surface area (Å²) < 4.78 is 16.9. The van der Waals surface area contributed by atoms with Crippen LogP contribution in [0.2, 0.25) is 0 Å². The average Bonchev–Trinajstić information content (AvgIpc) is 3.06. The number of urea groups is 1. The van der Waals surface area contributed by atoms with Crippen molar-refractivity contribution >= 4 is 29.0 Å². The summed E-state index contributed by atoms with van der Waals surface area (Å²) in [5.41, 5.74) is 2.33. The molecular weight excluding hydrogens is 363 g/mol. The summed E-state index contributed by atoms with van der Waals surface area (Å²) in [5.74, 6) is -1.01. The zero-order chi connectivity index (χ0) is 20.0. The third kappa shape index (κ3) is 2.79. The Morgan fingerprint density at radius 3 is 2.46 bits per heavy atom. The van der Waals surface area contributed by atoms with E-state index in [2.05, 4.69) is 5.32 Å². The van der Waals surface area contributed by atoms with Crippen LogP contribution in [-0.4, -0.2) is 26.0 Å². The third-order valence-electron chi connectivity index (χ3n) is 4.86. The van der Waals surface area contributed by atoms with Crippen molar-refractivity contribution in [1.82, 2.24) is 19.4 Å². The normalized spacial score (nSPS) is 15.7. The minimum atomic E-state index is -0.604. The summed E-state index contributed by atoms with van der Waals surface area (Å²) >= 11 is 0. The van der Waals surface area contributed by atoms with E-state index in [1.165, 1.54) is 21.3 Å². The predicted octanol–water partition coefficient (Wildman–Crippen LogP) is 2.11. The Morgan fingerprint density at radius 2 is 1.71 bits per heavy atom. The molecule has 7 nitrogen and oxygen atoms in total. The molecule has 2 aromatic carbocycles. The van der Waals surface area contributed by atoms with Crippen LogP contribution >= 0.6 is 0 Å². The molecule has 0 unspecified atom stereocenters. The smallest absolute Gasteiger partial charge is 0.303 e. The first-order valence-electron chi connectivity index (χ1n) is 8.60. The monoisotopic (exact) mass is 380 g/mol. The van der Waals surface area contributed by atoms with Gasteiger partial charge in [0.25, 0.3) is 5.91 Å². The second-order valence-corrected chi connectivity index (χ2v) is 6.62. The first kappa shape index (κ1) is 17.7. The molecule has 2 heterocycles. The van der Waals surface area contributed by atoms with Gasteiger partial charge in [-0.2, -0.15) is 0 Å². The molecular formula is C20H17FN4O3. The maximum Gasteiger partial charge on any atom is 0.329 e. The standard InChI is InChI=1S/C20H17FN4O3/c1-23-16-8-7-12(10-17(16)24(2)20(23)28)9-15-18(26)25(19(27)22-15)11-13-5-3-4-6-14(13)21/h3-10H,11H2,1-2H3,(H,22,27)/b15-9+. The molecule has 0 saturated carbocycles. The van der Waals surface area contributed by atoms with Crippen molar-refractivity contribution in [3.8, 4) is 0 Å². The molecule has 3 aromatic rings. The van der Waals surface area contributed by atoms with Crippen molar-refractivity contribution in [3.05, 3.63) is 75.6 Å². The number of carbonyl (C=O) groups is 2. The Bertz CT molecular complexity index is 1220. The number of rotatable bonds is 3. The van der Waals surface area contributed by atoms with Crippen LogP contribution < -0.4 is 11.0 Å². The van der Waals surface area contributed by atoms with E-state index in [1.54, 1.807) is 50.5 Å². The molecule has 28 heavy (non-hydrogen) atoms. The van der Waals surface area contributed by atoms with Crippen molar-refractivity contribution in [2.45, 2.75) is 6.54 Å². The second kappa shape index (κ2) is 6.49. The summed E-state index contributed by atoms with van der Waals surface area (Å²) in [6.07, 6.45) is 1.54. The number of nitrogens with zero attached hydrogens (tertiary/aromatic N) is 3. The van der Waals surface area contributed by atoms with E-state index < -0.39 is 17.8 Å². The van der Waals surface area contributed by atoms with Gasteiger partial charge in [-0.25, -0.2) is 14.0 Å². The summed E-state index contributed by atoms with van der Waals surface area (Å²) in [4.78, 5) is 37.8. The van der Waals surface area contributed by atoms with E-state index in [0.717, 1.165) is 10.4 Å². The molecule has 1 N–H and O–H groups in total. The van der Waals surface area contributed by atoms with Gasteiger partial charge < -0.3 is 5.32 Å². The number of carbonyl (C=O) groups excluding carboxylic acids is 2. The molecule has 142 valence electrons. The maximum atomic E-state index is 13.8. The largest absolute Gasteiger partial charge is 0.329 e. The van der Waals surface area contributed by atoms with Gasteiger partial charge in [0.15, 0.2) is 0 Å². The zero-order valence-electron chi connectivity index (χ0n) is 15.3. The van der Waals surface area contributed by atoms with Crippen molar-refractivity contribution in [1.29, 1.82) is 0 Å². The number of nitrogens with one attached hydrogen (secondary N) is 1. The highest BCUT2D eigenvalue weighted by Crippen LogP contribution is 2.20. The molecule has 0 aliphatic carbocycles. The number of hydrogen-bond donors (Lipinski definition) is 1. The van der Waals surface area contributed by atoms with Crippen molar-refractivity contribution < 1.29 is 14.0 Å². The molecule has 4 rings (SSSR count). The summed E-state index contributed by atoms with van der Waals surface area (Å²) in [7, 11) is 3.35. The van der Waals surface area contributed by atoms with E-state index >= 15 is 0 Å². The van der Waals surface area contributed by atoms with Gasteiger partial charge in [-0.15, -0.1) is 0 Å². The Morgan fingerprint density at radius 1 is 1.00 bits per heavy atom. The van der Waals surface area contributed by atoms with Gasteiger partial charge in [-0.1, -0.05) is 24.3 Å². The van der Waals surface area contributed by atoms with E-state index in [-0.39, 0.29) is 23.5 Å². The molecule has 1 fully saturated rings. The number of aromatic nitrogens is 2. The number of imidazole rings is 1. The molecule has 3 amide bonds. The van der Waals surface area contributed by atoms with Crippen molar-refractivity contribution in [2.75, 3.05) is 0 Å². The number of hydrogen-bond acceptors (Lipinski definition) is 3. The Hall–Kier alpha value is -3.68. The summed E-state index contributed by atoms with van der Waals surface area (Å²) in [6, 6.07) is 10.7. The van der Waals surface area contributed by atoms with Gasteiger partial charge >= 0.3 is 11.7 Å². The van der Waals surface area contributed by atoms with Crippen LogP contribution in [0.25, 0.3) is 17.1 Å². The summed E-state index contributed by atoms with van der Waals surface area (Å²) in [6.45, 7) is -0.152. The number of halogens is 1. The molecule has 0 radical (unpaired) electrons. The fourth-order valence-corrected chi connectivity index (χ4v) is 3.29. The van der Waals surface area contributed by atoms with Gasteiger partial charge in [0.05, 0.1) is 17.6 Å². The lowest BCUT2D eigenvalue weighted by molar-refractivity contribution is -0.123. The highest BCUT2D eigenvalue weighted by atomic mass is 19.1. The minimum Gasteiger partial charge on any atom is -0.303 e. The lowest BCUT2D eigenvalue weighted by atomic mass is 10.1. The lowest BCUT2D eigenvalue weighted by Crippen LogP contribution is -2.30. The molecule has 1 saturated heterocycles. The fourth-order valence-electron chi connectivity index (χ4n) is 3.29. The first-order valence-corrected chi connectivity index (χ1v) is 8.60. The van der Waals surface area contributed by atoms with Gasteiger partial charge in [0.2, 0.25) is 0 Å². The minimum absolute atomic E-state index is 0.0987. The number of benzene rings is 2. The molecule has 1 aliphatic rings. The molecule has 1 aromatic heterocycles. The second-order valence-electron chi connectivity index (χ2n) is 6.62. The highest BCUT2D eigenvalue weighted by Gasteiger charge is 2.34. The SMILES string of the molecule is Cn1c(=O)n(C)c2cc(/C=C3/NC(=O)N(Cc4ccccc4F)C3=O)ccc21. The molecule has 1 aliphatic heterocycles. The van der Waals surface area contributed by atoms with E-state index in [9.17, 15) is 18.8 Å². The average molecular weight is 380 g/mol. The van der Waals surface area contributed by atoms with Crippen molar-refractivity contribution in [3.63, 3.8) is 0 Å². The fraction of sp³-hybridized carbons (Fsp3) is 0.150. The Balaban J connectivity index is 1.66. The van der Waals surface area contributed by atoms with Crippen LogP contribution in [0.3, 0.4) is 0 Å². The number of aryl methyl sites for hydroxylation is 2. The van der Waals surface area contributed by atoms with Crippen LogP contribution in [-0.2, 0) is 25.4 Å². The molecule has 8 heteroatoms. The van der Waals surface area contributed by atoms with Crippen LogP contribution in [0, 0.1) is 5.82 Å². The molecule has 0 spiro atoms. The van der Waals surface area contributed by atoms with E-state index in [1.807, 2.05) is 0 Å². The number of fused-ring (bicyclic) bond motifs is 1. The summed E-state index contributed by atoms with van der Waals surface area (Å²) in [5, 5.41) is 2.52. The van der Waals surface area contributed by atoms with Crippen LogP contribution in [0.15, 0.2) is 53.0 Å². The van der Waals surface area contributed by atoms with Gasteiger partial charge in [-0.3, -0.25) is 18.8 Å². The molecule has 0 bridgehead atoms. The van der Waals surface area contributed by atoms with Gasteiger partial charge in [0.1, 0.15) is 11.5 Å². The lowest BCUT2D eigenvalue weighted by Gasteiger charge is -2.12. The third-order valence-corrected chi connectivity index (χ3v) is 4.86. The van der Waals surface area contributed by atoms with E-state index in [4.69, 9.17) is 0 Å². The first-order chi connectivity index (χ1) is 13.4. The Kier molecular flexibility index (Phi) is 4.11. The number of imide groups is 1. The van der Waals surface area contributed by atoms with E-state index in [0.29, 0.717) is 11.1 Å². The van der Waals surface area contributed by atoms with Crippen molar-refractivity contribution in [2.24, 2.45) is 14.1 Å². The highest BCUT2D eigenvalue weighted by molar-refractivity contribution is 6.14. The number of amides is 3. The predicted molar refractivity (Wildman–Crippen MR) is 102 cm³/mol. The zero-order valence-corrected chi connectivity index (χ0v) is 15.3. The topological polar surface area (TPSA) is 76.3 Å². The van der Waals surface area contributed by atoms with Crippen LogP contribution in [0.5, 0.6) is 0 Å². The van der Waals surface area contributed by atoms with Gasteiger partial charge in [0, 0.05) is 19.7 Å². The van der Waals surface area contributed by atoms with Gasteiger partial charge in [-0.05, 0) is 29.8 Å². The maximum absolute atomic E-state index is 13.8. The molecule has 0 atom stereocenters.